The number of aryl methyl sites for hydroxylation is 2. The van der Waals surface area contributed by atoms with E-state index in [1.807, 2.05) is 44.2 Å². The van der Waals surface area contributed by atoms with Crippen molar-refractivity contribution in [1.82, 2.24) is 9.66 Å². The summed E-state index contributed by atoms with van der Waals surface area (Å²) in [6, 6.07) is 9.43. The summed E-state index contributed by atoms with van der Waals surface area (Å²) in [5, 5.41) is 0. The molecule has 0 fully saturated rings. The van der Waals surface area contributed by atoms with E-state index in [9.17, 15) is 9.59 Å². The van der Waals surface area contributed by atoms with Gasteiger partial charge in [-0.3, -0.25) is 15.0 Å². The predicted molar refractivity (Wildman–Crippen MR) is 91.5 cm³/mol. The van der Waals surface area contributed by atoms with E-state index >= 15 is 0 Å². The molecule has 1 aromatic carbocycles. The number of ketones is 1. The summed E-state index contributed by atoms with van der Waals surface area (Å²) in [5.74, 6) is -0.191. The Labute approximate surface area is 137 Å². The van der Waals surface area contributed by atoms with Crippen LogP contribution in [0, 0.1) is 13.8 Å². The number of fused-ring (bicyclic) bond motifs is 1. The number of amides is 1. The van der Waals surface area contributed by atoms with Crippen LogP contribution in [0.3, 0.4) is 0 Å². The Bertz CT molecular complexity index is 879. The van der Waals surface area contributed by atoms with Crippen molar-refractivity contribution < 1.29 is 9.59 Å². The van der Waals surface area contributed by atoms with Gasteiger partial charge in [0.05, 0.1) is 11.0 Å². The van der Waals surface area contributed by atoms with Gasteiger partial charge in [-0.1, -0.05) is 12.1 Å². The number of carbonyl (C=O) groups is 2. The second kappa shape index (κ2) is 6.34. The molecular formula is C17H17N3O2S. The predicted octanol–water partition coefficient (Wildman–Crippen LogP) is 3.45. The highest BCUT2D eigenvalue weighted by Crippen LogP contribution is 2.22. The SMILES string of the molecule is Cc1cc(C(=O)CCC(=O)Nn2cnc3ccccc32)c(C)s1. The third-order valence-corrected chi connectivity index (χ3v) is 4.59. The van der Waals surface area contributed by atoms with Crippen molar-refractivity contribution in [3.8, 4) is 0 Å². The van der Waals surface area contributed by atoms with Gasteiger partial charge >= 0.3 is 0 Å². The van der Waals surface area contributed by atoms with E-state index in [0.29, 0.717) is 0 Å². The summed E-state index contributed by atoms with van der Waals surface area (Å²) < 4.78 is 1.59. The Morgan fingerprint density at radius 1 is 1.22 bits per heavy atom. The minimum absolute atomic E-state index is 0.0116. The van der Waals surface area contributed by atoms with Crippen LogP contribution in [0.4, 0.5) is 0 Å². The van der Waals surface area contributed by atoms with E-state index in [2.05, 4.69) is 10.4 Å². The molecule has 0 saturated heterocycles. The van der Waals surface area contributed by atoms with Gasteiger partial charge in [-0.15, -0.1) is 11.3 Å². The lowest BCUT2D eigenvalue weighted by Crippen LogP contribution is -2.22. The van der Waals surface area contributed by atoms with Crippen molar-refractivity contribution in [2.45, 2.75) is 26.7 Å². The van der Waals surface area contributed by atoms with Crippen LogP contribution in [0.1, 0.15) is 33.0 Å². The van der Waals surface area contributed by atoms with Gasteiger partial charge in [-0.05, 0) is 32.0 Å². The van der Waals surface area contributed by atoms with Gasteiger partial charge in [-0.2, -0.15) is 0 Å². The molecule has 0 spiro atoms. The highest BCUT2D eigenvalue weighted by molar-refractivity contribution is 7.12. The number of carbonyl (C=O) groups excluding carboxylic acids is 2. The number of nitrogens with zero attached hydrogens (tertiary/aromatic N) is 2. The van der Waals surface area contributed by atoms with Gasteiger partial charge in [0, 0.05) is 28.2 Å². The first-order chi connectivity index (χ1) is 11.0. The van der Waals surface area contributed by atoms with Crippen LogP contribution in [0.2, 0.25) is 0 Å². The zero-order valence-corrected chi connectivity index (χ0v) is 13.8. The molecule has 0 aliphatic rings. The molecule has 3 rings (SSSR count). The van der Waals surface area contributed by atoms with Gasteiger partial charge in [0.15, 0.2) is 5.78 Å². The maximum Gasteiger partial charge on any atom is 0.239 e. The number of para-hydroxylation sites is 2. The van der Waals surface area contributed by atoms with E-state index in [4.69, 9.17) is 0 Å². The first kappa shape index (κ1) is 15.4. The highest BCUT2D eigenvalue weighted by Gasteiger charge is 2.14. The standard InChI is InChI=1S/C17H17N3O2S/c1-11-9-13(12(2)23-11)16(21)7-8-17(22)19-20-10-18-14-5-3-4-6-15(14)20/h3-6,9-10H,7-8H2,1-2H3,(H,19,22). The molecule has 0 unspecified atom stereocenters. The molecular weight excluding hydrogens is 310 g/mol. The molecule has 118 valence electrons. The Hall–Kier alpha value is -2.47. The maximum absolute atomic E-state index is 12.2. The smallest absolute Gasteiger partial charge is 0.239 e. The fraction of sp³-hybridized carbons (Fsp3) is 0.235. The van der Waals surface area contributed by atoms with E-state index in [1.54, 1.807) is 22.3 Å². The molecule has 3 aromatic rings. The lowest BCUT2D eigenvalue weighted by atomic mass is 10.1. The minimum Gasteiger partial charge on any atom is -0.294 e. The maximum atomic E-state index is 12.2. The summed E-state index contributed by atoms with van der Waals surface area (Å²) in [6.07, 6.45) is 1.92. The Morgan fingerprint density at radius 3 is 2.74 bits per heavy atom. The van der Waals surface area contributed by atoms with Crippen LogP contribution in [-0.4, -0.2) is 21.4 Å². The van der Waals surface area contributed by atoms with Crippen LogP contribution in [-0.2, 0) is 4.79 Å². The van der Waals surface area contributed by atoms with E-state index in [-0.39, 0.29) is 24.5 Å². The number of benzene rings is 1. The lowest BCUT2D eigenvalue weighted by Gasteiger charge is -2.06. The summed E-state index contributed by atoms with van der Waals surface area (Å²) in [5.41, 5.74) is 5.13. The summed E-state index contributed by atoms with van der Waals surface area (Å²) in [7, 11) is 0. The minimum atomic E-state index is -0.203. The van der Waals surface area contributed by atoms with Crippen molar-refractivity contribution in [2.75, 3.05) is 5.43 Å². The number of rotatable bonds is 5. The molecule has 6 heteroatoms. The number of hydrogen-bond donors (Lipinski definition) is 1. The number of imidazole rings is 1. The van der Waals surface area contributed by atoms with Gasteiger partial charge in [-0.25, -0.2) is 9.66 Å². The first-order valence-corrected chi connectivity index (χ1v) is 8.18. The highest BCUT2D eigenvalue weighted by atomic mass is 32.1. The molecule has 0 saturated carbocycles. The molecule has 23 heavy (non-hydrogen) atoms. The Balaban J connectivity index is 1.61. The molecule has 1 N–H and O–H groups in total. The molecule has 0 aliphatic heterocycles. The fourth-order valence-corrected chi connectivity index (χ4v) is 3.45. The number of thiophene rings is 1. The zero-order chi connectivity index (χ0) is 16.4. The van der Waals surface area contributed by atoms with Crippen LogP contribution in [0.5, 0.6) is 0 Å². The van der Waals surface area contributed by atoms with Crippen LogP contribution in [0.15, 0.2) is 36.7 Å². The number of nitrogens with one attached hydrogen (secondary N) is 1. The van der Waals surface area contributed by atoms with Crippen molar-refractivity contribution in [3.63, 3.8) is 0 Å². The molecule has 0 radical (unpaired) electrons. The average molecular weight is 327 g/mol. The average Bonchev–Trinajstić information content (AvgIpc) is 3.08. The van der Waals surface area contributed by atoms with Crippen molar-refractivity contribution in [3.05, 3.63) is 52.0 Å². The quantitative estimate of drug-likeness (QED) is 0.730. The van der Waals surface area contributed by atoms with Crippen LogP contribution < -0.4 is 5.43 Å². The summed E-state index contributed by atoms with van der Waals surface area (Å²) in [4.78, 5) is 30.6. The fourth-order valence-electron chi connectivity index (χ4n) is 2.51. The van der Waals surface area contributed by atoms with Crippen molar-refractivity contribution >= 4 is 34.1 Å². The van der Waals surface area contributed by atoms with E-state index in [0.717, 1.165) is 26.4 Å². The molecule has 0 bridgehead atoms. The van der Waals surface area contributed by atoms with E-state index in [1.165, 1.54) is 0 Å². The molecule has 2 aromatic heterocycles. The van der Waals surface area contributed by atoms with Gasteiger partial charge in [0.2, 0.25) is 5.91 Å². The van der Waals surface area contributed by atoms with Gasteiger partial charge in [0.1, 0.15) is 6.33 Å². The Morgan fingerprint density at radius 2 is 2.00 bits per heavy atom. The second-order valence-corrected chi connectivity index (χ2v) is 6.85. The monoisotopic (exact) mass is 327 g/mol. The van der Waals surface area contributed by atoms with Crippen molar-refractivity contribution in [1.29, 1.82) is 0 Å². The molecule has 0 aliphatic carbocycles. The van der Waals surface area contributed by atoms with Crippen LogP contribution >= 0.6 is 11.3 Å². The summed E-state index contributed by atoms with van der Waals surface area (Å²) in [6.45, 7) is 3.91. The normalized spacial score (nSPS) is 10.9. The second-order valence-electron chi connectivity index (χ2n) is 5.39. The third-order valence-electron chi connectivity index (χ3n) is 3.62. The summed E-state index contributed by atoms with van der Waals surface area (Å²) >= 11 is 1.60. The van der Waals surface area contributed by atoms with Gasteiger partial charge in [0.25, 0.3) is 0 Å². The van der Waals surface area contributed by atoms with Crippen LogP contribution in [0.25, 0.3) is 11.0 Å². The number of Topliss-reactive ketones (excluding diaryl/α,β-unsaturated/α-hetero) is 1. The third kappa shape index (κ3) is 3.32. The lowest BCUT2D eigenvalue weighted by molar-refractivity contribution is -0.117. The van der Waals surface area contributed by atoms with Gasteiger partial charge < -0.3 is 0 Å². The Kier molecular flexibility index (Phi) is 4.25. The molecule has 1 amide bonds. The number of hydrogen-bond acceptors (Lipinski definition) is 4. The molecule has 5 nitrogen and oxygen atoms in total. The largest absolute Gasteiger partial charge is 0.294 e. The molecule has 0 atom stereocenters. The zero-order valence-electron chi connectivity index (χ0n) is 13.0. The molecule has 2 heterocycles. The topological polar surface area (TPSA) is 64.0 Å². The first-order valence-electron chi connectivity index (χ1n) is 7.37. The van der Waals surface area contributed by atoms with E-state index < -0.39 is 0 Å². The number of aromatic nitrogens is 2. The van der Waals surface area contributed by atoms with Crippen molar-refractivity contribution in [2.24, 2.45) is 0 Å².